The van der Waals surface area contributed by atoms with Crippen LogP contribution in [0.15, 0.2) is 77.7 Å². The molecule has 0 spiro atoms. The van der Waals surface area contributed by atoms with Gasteiger partial charge >= 0.3 is 0 Å². The van der Waals surface area contributed by atoms with Crippen molar-refractivity contribution in [1.82, 2.24) is 0 Å². The summed E-state index contributed by atoms with van der Waals surface area (Å²) < 4.78 is 11.6. The number of rotatable bonds is 8. The summed E-state index contributed by atoms with van der Waals surface area (Å²) in [6.07, 6.45) is 1.65. The van der Waals surface area contributed by atoms with Crippen LogP contribution in [0.3, 0.4) is 0 Å². The SMILES string of the molecule is CCOc1cc(/C=C2\SC(=O)N(c3ccccc3)C2=O)ccc1OCc1ccc(C(=O)[O-])cc1. The second-order valence-corrected chi connectivity index (χ2v) is 8.26. The second-order valence-electron chi connectivity index (χ2n) is 7.26. The molecule has 7 nitrogen and oxygen atoms in total. The smallest absolute Gasteiger partial charge is 0.298 e. The number of carbonyl (C=O) groups is 3. The monoisotopic (exact) mass is 474 g/mol. The summed E-state index contributed by atoms with van der Waals surface area (Å²) in [7, 11) is 0. The molecule has 0 atom stereocenters. The molecule has 1 heterocycles. The van der Waals surface area contributed by atoms with Crippen molar-refractivity contribution in [3.63, 3.8) is 0 Å². The Hall–Kier alpha value is -4.04. The van der Waals surface area contributed by atoms with E-state index in [0.717, 1.165) is 22.2 Å². The molecule has 0 unspecified atom stereocenters. The lowest BCUT2D eigenvalue weighted by Crippen LogP contribution is -2.27. The average molecular weight is 475 g/mol. The topological polar surface area (TPSA) is 96.0 Å². The first kappa shape index (κ1) is 23.1. The molecule has 4 rings (SSSR count). The van der Waals surface area contributed by atoms with Crippen LogP contribution in [0.4, 0.5) is 10.5 Å². The zero-order chi connectivity index (χ0) is 24.1. The lowest BCUT2D eigenvalue weighted by Gasteiger charge is -2.13. The van der Waals surface area contributed by atoms with Gasteiger partial charge in [0.2, 0.25) is 0 Å². The quantitative estimate of drug-likeness (QED) is 0.450. The highest BCUT2D eigenvalue weighted by molar-refractivity contribution is 8.19. The first-order valence-corrected chi connectivity index (χ1v) is 11.3. The van der Waals surface area contributed by atoms with Crippen LogP contribution in [-0.4, -0.2) is 23.7 Å². The van der Waals surface area contributed by atoms with Gasteiger partial charge in [-0.1, -0.05) is 48.5 Å². The van der Waals surface area contributed by atoms with Crippen LogP contribution in [0, 0.1) is 0 Å². The van der Waals surface area contributed by atoms with E-state index >= 15 is 0 Å². The molecule has 34 heavy (non-hydrogen) atoms. The van der Waals surface area contributed by atoms with E-state index in [1.807, 2.05) is 13.0 Å². The van der Waals surface area contributed by atoms with E-state index in [1.165, 1.54) is 12.1 Å². The van der Waals surface area contributed by atoms with Crippen LogP contribution in [0.25, 0.3) is 6.08 Å². The Labute approximate surface area is 200 Å². The predicted octanol–water partition coefficient (Wildman–Crippen LogP) is 4.27. The standard InChI is InChI=1S/C26H21NO6S/c1-2-32-22-14-18(10-13-21(22)33-16-17-8-11-19(12-9-17)25(29)30)15-23-24(28)27(26(31)34-23)20-6-4-3-5-7-20/h3-15H,2,16H2,1H3,(H,29,30)/p-1/b23-15-. The van der Waals surface area contributed by atoms with Gasteiger partial charge in [-0.05, 0) is 65.7 Å². The van der Waals surface area contributed by atoms with Crippen molar-refractivity contribution in [2.45, 2.75) is 13.5 Å². The summed E-state index contributed by atoms with van der Waals surface area (Å²) in [5, 5.41) is 10.5. The Balaban J connectivity index is 1.52. The summed E-state index contributed by atoms with van der Waals surface area (Å²) in [5.74, 6) is -0.618. The van der Waals surface area contributed by atoms with Crippen LogP contribution in [0.2, 0.25) is 0 Å². The molecule has 0 aromatic heterocycles. The molecule has 1 fully saturated rings. The zero-order valence-corrected chi connectivity index (χ0v) is 19.0. The van der Waals surface area contributed by atoms with Gasteiger partial charge in [-0.2, -0.15) is 0 Å². The number of para-hydroxylation sites is 1. The van der Waals surface area contributed by atoms with E-state index in [0.29, 0.717) is 34.3 Å². The van der Waals surface area contributed by atoms with Crippen LogP contribution in [-0.2, 0) is 11.4 Å². The Morgan fingerprint density at radius 3 is 2.38 bits per heavy atom. The van der Waals surface area contributed by atoms with Crippen molar-refractivity contribution < 1.29 is 29.0 Å². The van der Waals surface area contributed by atoms with Gasteiger partial charge in [0.1, 0.15) is 6.61 Å². The molecule has 8 heteroatoms. The number of hydrogen-bond donors (Lipinski definition) is 0. The van der Waals surface area contributed by atoms with E-state index < -0.39 is 5.97 Å². The molecule has 0 aliphatic carbocycles. The third kappa shape index (κ3) is 5.13. The van der Waals surface area contributed by atoms with Crippen molar-refractivity contribution in [2.24, 2.45) is 0 Å². The highest BCUT2D eigenvalue weighted by Crippen LogP contribution is 2.37. The molecular formula is C26H20NO6S-. The van der Waals surface area contributed by atoms with Crippen LogP contribution in [0.5, 0.6) is 11.5 Å². The van der Waals surface area contributed by atoms with E-state index in [9.17, 15) is 19.5 Å². The number of hydrogen-bond acceptors (Lipinski definition) is 7. The van der Waals surface area contributed by atoms with E-state index in [-0.39, 0.29) is 23.3 Å². The molecule has 0 radical (unpaired) electrons. The van der Waals surface area contributed by atoms with Crippen LogP contribution < -0.4 is 19.5 Å². The Bertz CT molecular complexity index is 1250. The number of aromatic carboxylic acids is 1. The van der Waals surface area contributed by atoms with Gasteiger partial charge < -0.3 is 19.4 Å². The number of thioether (sulfide) groups is 1. The normalized spacial score (nSPS) is 14.5. The molecule has 2 amide bonds. The number of benzene rings is 3. The maximum atomic E-state index is 12.8. The number of ether oxygens (including phenoxy) is 2. The molecular weight excluding hydrogens is 454 g/mol. The van der Waals surface area contributed by atoms with E-state index in [2.05, 4.69) is 0 Å². The molecule has 1 saturated heterocycles. The zero-order valence-electron chi connectivity index (χ0n) is 18.2. The van der Waals surface area contributed by atoms with Gasteiger partial charge in [0.25, 0.3) is 11.1 Å². The number of carboxylic acid groups (broad SMARTS) is 1. The molecule has 3 aromatic rings. The second kappa shape index (κ2) is 10.3. The minimum Gasteiger partial charge on any atom is -0.545 e. The Morgan fingerprint density at radius 2 is 1.71 bits per heavy atom. The van der Waals surface area contributed by atoms with Gasteiger partial charge in [-0.25, -0.2) is 4.90 Å². The van der Waals surface area contributed by atoms with Crippen molar-refractivity contribution in [3.05, 3.63) is 94.4 Å². The Kier molecular flexibility index (Phi) is 6.98. The van der Waals surface area contributed by atoms with Crippen molar-refractivity contribution in [3.8, 4) is 11.5 Å². The lowest BCUT2D eigenvalue weighted by molar-refractivity contribution is -0.255. The number of carboxylic acids is 1. The fourth-order valence-corrected chi connectivity index (χ4v) is 4.16. The Morgan fingerprint density at radius 1 is 0.971 bits per heavy atom. The molecule has 0 bridgehead atoms. The van der Waals surface area contributed by atoms with Gasteiger partial charge in [0.15, 0.2) is 11.5 Å². The van der Waals surface area contributed by atoms with Crippen molar-refractivity contribution in [1.29, 1.82) is 0 Å². The number of amides is 2. The molecule has 0 saturated carbocycles. The maximum Gasteiger partial charge on any atom is 0.298 e. The van der Waals surface area contributed by atoms with Crippen LogP contribution >= 0.6 is 11.8 Å². The molecule has 172 valence electrons. The fourth-order valence-electron chi connectivity index (χ4n) is 3.32. The third-order valence-electron chi connectivity index (χ3n) is 4.96. The lowest BCUT2D eigenvalue weighted by atomic mass is 10.1. The largest absolute Gasteiger partial charge is 0.545 e. The minimum absolute atomic E-state index is 0.0970. The summed E-state index contributed by atoms with van der Waals surface area (Å²) in [6, 6.07) is 20.3. The highest BCUT2D eigenvalue weighted by Gasteiger charge is 2.36. The average Bonchev–Trinajstić information content (AvgIpc) is 3.12. The van der Waals surface area contributed by atoms with Gasteiger partial charge in [-0.3, -0.25) is 9.59 Å². The van der Waals surface area contributed by atoms with Gasteiger partial charge in [-0.15, -0.1) is 0 Å². The van der Waals surface area contributed by atoms with Gasteiger partial charge in [0, 0.05) is 0 Å². The van der Waals surface area contributed by atoms with Crippen molar-refractivity contribution in [2.75, 3.05) is 11.5 Å². The third-order valence-corrected chi connectivity index (χ3v) is 5.83. The van der Waals surface area contributed by atoms with Crippen LogP contribution in [0.1, 0.15) is 28.4 Å². The molecule has 1 aliphatic rings. The molecule has 3 aromatic carbocycles. The predicted molar refractivity (Wildman–Crippen MR) is 128 cm³/mol. The minimum atomic E-state index is -1.23. The number of carbonyl (C=O) groups excluding carboxylic acids is 3. The van der Waals surface area contributed by atoms with E-state index in [4.69, 9.17) is 9.47 Å². The van der Waals surface area contributed by atoms with Crippen molar-refractivity contribution >= 4 is 40.6 Å². The number of nitrogens with zero attached hydrogens (tertiary/aromatic N) is 1. The number of imide groups is 1. The fraction of sp³-hybridized carbons (Fsp3) is 0.115. The first-order chi connectivity index (χ1) is 16.5. The highest BCUT2D eigenvalue weighted by atomic mass is 32.2. The summed E-state index contributed by atoms with van der Waals surface area (Å²) >= 11 is 0.886. The van der Waals surface area contributed by atoms with Gasteiger partial charge in [0.05, 0.1) is 23.2 Å². The first-order valence-electron chi connectivity index (χ1n) is 10.5. The molecule has 1 aliphatic heterocycles. The summed E-state index contributed by atoms with van der Waals surface area (Å²) in [5.41, 5.74) is 2.10. The molecule has 0 N–H and O–H groups in total. The summed E-state index contributed by atoms with van der Waals surface area (Å²) in [6.45, 7) is 2.47. The maximum absolute atomic E-state index is 12.8. The summed E-state index contributed by atoms with van der Waals surface area (Å²) in [4.78, 5) is 37.6. The van der Waals surface area contributed by atoms with E-state index in [1.54, 1.807) is 60.7 Å². The number of anilines is 1.